The van der Waals surface area contributed by atoms with E-state index in [1.807, 2.05) is 104 Å². The third-order valence-electron chi connectivity index (χ3n) is 6.47. The van der Waals surface area contributed by atoms with Gasteiger partial charge in [0.05, 0.1) is 24.4 Å². The maximum atomic E-state index is 12.4. The maximum absolute atomic E-state index is 12.4. The van der Waals surface area contributed by atoms with Crippen LogP contribution in [0.3, 0.4) is 0 Å². The third kappa shape index (κ3) is 13.5. The molecule has 0 aliphatic carbocycles. The van der Waals surface area contributed by atoms with Gasteiger partial charge in [0.1, 0.15) is 23.0 Å². The second kappa shape index (κ2) is 20.7. The molecule has 0 atom stereocenters. The van der Waals surface area contributed by atoms with Crippen LogP contribution in [-0.4, -0.2) is 35.3 Å². The zero-order valence-electron chi connectivity index (χ0n) is 30.2. The van der Waals surface area contributed by atoms with Gasteiger partial charge in [0, 0.05) is 22.3 Å². The summed E-state index contributed by atoms with van der Waals surface area (Å²) in [6.45, 7) is 15.7. The predicted molar refractivity (Wildman–Crippen MR) is 192 cm³/mol. The van der Waals surface area contributed by atoms with Crippen molar-refractivity contribution in [2.45, 2.75) is 85.4 Å². The minimum atomic E-state index is -1.49. The van der Waals surface area contributed by atoms with Gasteiger partial charge in [-0.15, -0.1) is 6.42 Å². The Bertz CT molecular complexity index is 1490. The van der Waals surface area contributed by atoms with Crippen molar-refractivity contribution < 1.29 is 47.7 Å². The van der Waals surface area contributed by atoms with Crippen molar-refractivity contribution in [2.24, 2.45) is 0 Å². The standard InChI is InChI=1S/C21H24O3.C19H22O3.C2H.Li/c1-6-21(22,17-7-11-19(12-8-17)23-15(2)3)18-9-13-20(14-10-18)24-16(4)5;1-13(2)21-17-9-5-15(6-10-17)19(20)16-7-11-18(12-8-16)22-14(3)4;1-2;/h1,7-16,22H,2-5H3;5-14H,1-4H3;1H;/q;;-1;+1. The summed E-state index contributed by atoms with van der Waals surface area (Å²) < 4.78 is 22.4. The fourth-order valence-corrected chi connectivity index (χ4v) is 4.51. The van der Waals surface area contributed by atoms with E-state index in [2.05, 4.69) is 12.3 Å². The first-order chi connectivity index (χ1) is 22.8. The number of ether oxygens (including phenoxy) is 4. The zero-order chi connectivity index (χ0) is 35.9. The molecule has 0 aromatic heterocycles. The van der Waals surface area contributed by atoms with Gasteiger partial charge in [0.25, 0.3) is 0 Å². The van der Waals surface area contributed by atoms with E-state index in [1.54, 1.807) is 48.5 Å². The molecule has 6 nitrogen and oxygen atoms in total. The molecule has 4 aromatic rings. The monoisotopic (exact) mass is 654 g/mol. The van der Waals surface area contributed by atoms with Crippen LogP contribution >= 0.6 is 0 Å². The van der Waals surface area contributed by atoms with E-state index in [1.165, 1.54) is 0 Å². The topological polar surface area (TPSA) is 74.2 Å². The van der Waals surface area contributed by atoms with Gasteiger partial charge in [-0.05, 0) is 128 Å². The third-order valence-corrected chi connectivity index (χ3v) is 6.47. The van der Waals surface area contributed by atoms with Gasteiger partial charge in [-0.2, -0.15) is 0 Å². The fraction of sp³-hybridized carbons (Fsp3) is 0.310. The predicted octanol–water partition coefficient (Wildman–Crippen LogP) is 5.83. The zero-order valence-corrected chi connectivity index (χ0v) is 30.2. The molecule has 0 bridgehead atoms. The molecule has 0 unspecified atom stereocenters. The number of benzene rings is 4. The van der Waals surface area contributed by atoms with Crippen LogP contribution in [0.4, 0.5) is 0 Å². The molecule has 7 heteroatoms. The number of aliphatic hydroxyl groups is 1. The molecule has 0 aliphatic rings. The number of hydrogen-bond acceptors (Lipinski definition) is 6. The normalized spacial score (nSPS) is 10.5. The van der Waals surface area contributed by atoms with E-state index in [4.69, 9.17) is 31.8 Å². The second-order valence-electron chi connectivity index (χ2n) is 11.9. The Hall–Kier alpha value is -4.57. The van der Waals surface area contributed by atoms with Gasteiger partial charge in [0.2, 0.25) is 0 Å². The van der Waals surface area contributed by atoms with E-state index < -0.39 is 5.60 Å². The Labute approximate surface area is 305 Å². The van der Waals surface area contributed by atoms with Crippen LogP contribution in [0.1, 0.15) is 82.4 Å². The SMILES string of the molecule is C#CC(O)(c1ccc(OC(C)C)cc1)c1ccc(OC(C)C)cc1.CC(C)Oc1ccc(C(=O)c2ccc(OC(C)C)cc2)cc1.[C-]#C.[Li+]. The van der Waals surface area contributed by atoms with Gasteiger partial charge >= 0.3 is 18.9 Å². The smallest absolute Gasteiger partial charge is 0.697 e. The largest absolute Gasteiger partial charge is 1.00 e. The van der Waals surface area contributed by atoms with Gasteiger partial charge in [-0.25, -0.2) is 0 Å². The molecule has 0 fully saturated rings. The van der Waals surface area contributed by atoms with Crippen molar-refractivity contribution in [1.29, 1.82) is 0 Å². The Morgan fingerprint density at radius 1 is 0.551 bits per heavy atom. The fourth-order valence-electron chi connectivity index (χ4n) is 4.51. The number of terminal acetylenes is 2. The van der Waals surface area contributed by atoms with Crippen molar-refractivity contribution in [3.05, 3.63) is 126 Å². The Morgan fingerprint density at radius 2 is 0.776 bits per heavy atom. The molecule has 1 N–H and O–H groups in total. The quantitative estimate of drug-likeness (QED) is 0.0897. The van der Waals surface area contributed by atoms with Gasteiger partial charge in [-0.1, -0.05) is 30.2 Å². The summed E-state index contributed by atoms with van der Waals surface area (Å²) in [6.07, 6.45) is 15.1. The summed E-state index contributed by atoms with van der Waals surface area (Å²) in [5.41, 5.74) is 1.05. The first-order valence-corrected chi connectivity index (χ1v) is 15.9. The Balaban J connectivity index is 0.000000459. The molecule has 0 aliphatic heterocycles. The van der Waals surface area contributed by atoms with Crippen molar-refractivity contribution in [2.75, 3.05) is 0 Å². The number of carbonyl (C=O) groups excluding carboxylic acids is 1. The summed E-state index contributed by atoms with van der Waals surface area (Å²) in [7, 11) is 0. The van der Waals surface area contributed by atoms with Crippen LogP contribution < -0.4 is 37.8 Å². The molecular weight excluding hydrogens is 607 g/mol. The molecule has 0 radical (unpaired) electrons. The molecule has 4 rings (SSSR count). The molecule has 0 heterocycles. The van der Waals surface area contributed by atoms with Crippen molar-refractivity contribution in [3.8, 4) is 41.8 Å². The van der Waals surface area contributed by atoms with Gasteiger partial charge in [-0.3, -0.25) is 4.79 Å². The van der Waals surface area contributed by atoms with Gasteiger partial charge < -0.3 is 36.9 Å². The Kier molecular flexibility index (Phi) is 17.9. The minimum absolute atomic E-state index is 0. The summed E-state index contributed by atoms with van der Waals surface area (Å²) in [5, 5.41) is 11.0. The summed E-state index contributed by atoms with van der Waals surface area (Å²) in [5.74, 6) is 5.53. The molecule has 252 valence electrons. The van der Waals surface area contributed by atoms with E-state index in [0.717, 1.165) is 23.0 Å². The van der Waals surface area contributed by atoms with Crippen LogP contribution in [0.2, 0.25) is 0 Å². The van der Waals surface area contributed by atoms with E-state index >= 15 is 0 Å². The molecule has 0 saturated carbocycles. The summed E-state index contributed by atoms with van der Waals surface area (Å²) in [6, 6.07) is 28.9. The first kappa shape index (κ1) is 42.4. The van der Waals surface area contributed by atoms with Crippen LogP contribution in [0.5, 0.6) is 23.0 Å². The van der Waals surface area contributed by atoms with Crippen LogP contribution in [-0.2, 0) is 5.60 Å². The molecule has 0 saturated heterocycles. The van der Waals surface area contributed by atoms with Crippen LogP contribution in [0.15, 0.2) is 97.1 Å². The van der Waals surface area contributed by atoms with E-state index in [-0.39, 0.29) is 49.1 Å². The van der Waals surface area contributed by atoms with Gasteiger partial charge in [0.15, 0.2) is 11.4 Å². The van der Waals surface area contributed by atoms with E-state index in [9.17, 15) is 9.90 Å². The number of ketones is 1. The number of hydrogen-bond donors (Lipinski definition) is 1. The number of rotatable bonds is 12. The van der Waals surface area contributed by atoms with E-state index in [0.29, 0.717) is 22.3 Å². The average molecular weight is 655 g/mol. The summed E-state index contributed by atoms with van der Waals surface area (Å²) >= 11 is 0. The first-order valence-electron chi connectivity index (χ1n) is 15.9. The average Bonchev–Trinajstić information content (AvgIpc) is 3.05. The van der Waals surface area contributed by atoms with Crippen LogP contribution in [0.25, 0.3) is 0 Å². The number of carbonyl (C=O) groups is 1. The van der Waals surface area contributed by atoms with Crippen molar-refractivity contribution in [1.82, 2.24) is 0 Å². The maximum Gasteiger partial charge on any atom is 1.00 e. The minimum Gasteiger partial charge on any atom is -0.697 e. The Morgan fingerprint density at radius 3 is 0.980 bits per heavy atom. The second-order valence-corrected chi connectivity index (χ2v) is 11.9. The van der Waals surface area contributed by atoms with Crippen LogP contribution in [0, 0.1) is 25.2 Å². The van der Waals surface area contributed by atoms with Crippen molar-refractivity contribution >= 4 is 5.78 Å². The summed E-state index contributed by atoms with van der Waals surface area (Å²) in [4.78, 5) is 12.4. The molecule has 49 heavy (non-hydrogen) atoms. The molecule has 0 amide bonds. The van der Waals surface area contributed by atoms with Crippen molar-refractivity contribution in [3.63, 3.8) is 0 Å². The molecule has 0 spiro atoms. The molecular formula is C42H47LiO6. The molecule has 4 aromatic carbocycles.